The summed E-state index contributed by atoms with van der Waals surface area (Å²) in [6.07, 6.45) is -1.05. The third-order valence-corrected chi connectivity index (χ3v) is 8.96. The van der Waals surface area contributed by atoms with E-state index < -0.39 is 59.2 Å². The van der Waals surface area contributed by atoms with Gasteiger partial charge in [-0.1, -0.05) is 12.1 Å². The van der Waals surface area contributed by atoms with Gasteiger partial charge in [-0.05, 0) is 109 Å². The number of rotatable bonds is 15. The number of carbonyl (C=O) groups is 4. The van der Waals surface area contributed by atoms with E-state index >= 15 is 0 Å². The Balaban J connectivity index is 0.000000235. The number of carboxylic acids is 1. The lowest BCUT2D eigenvalue weighted by Gasteiger charge is -2.15. The van der Waals surface area contributed by atoms with E-state index in [2.05, 4.69) is 30.8 Å². The van der Waals surface area contributed by atoms with Gasteiger partial charge in [-0.3, -0.25) is 9.59 Å². The second-order valence-corrected chi connectivity index (χ2v) is 15.3. The van der Waals surface area contributed by atoms with Crippen molar-refractivity contribution in [2.45, 2.75) is 84.4 Å². The van der Waals surface area contributed by atoms with Crippen LogP contribution in [0.2, 0.25) is 0 Å². The van der Waals surface area contributed by atoms with Crippen molar-refractivity contribution in [3.63, 3.8) is 0 Å². The number of aromatic nitrogens is 6. The first-order valence-corrected chi connectivity index (χ1v) is 19.1. The van der Waals surface area contributed by atoms with Gasteiger partial charge < -0.3 is 30.7 Å². The maximum absolute atomic E-state index is 12.9. The van der Waals surface area contributed by atoms with Gasteiger partial charge in [-0.2, -0.15) is 10.2 Å². The van der Waals surface area contributed by atoms with Crippen LogP contribution >= 0.6 is 0 Å². The molecule has 0 aromatic carbocycles. The summed E-state index contributed by atoms with van der Waals surface area (Å²) in [5.41, 5.74) is -0.880. The largest absolute Gasteiger partial charge is 0.478 e. The van der Waals surface area contributed by atoms with Gasteiger partial charge >= 0.3 is 11.9 Å². The maximum Gasteiger partial charge on any atom is 0.341 e. The molecule has 0 bridgehead atoms. The molecule has 0 unspecified atom stereocenters. The van der Waals surface area contributed by atoms with Crippen LogP contribution in [0.15, 0.2) is 73.1 Å². The van der Waals surface area contributed by atoms with Crippen molar-refractivity contribution >= 4 is 46.2 Å². The Morgan fingerprint density at radius 3 is 1.50 bits per heavy atom. The molecule has 0 spiro atoms. The summed E-state index contributed by atoms with van der Waals surface area (Å²) in [6, 6.07) is 13.8. The third-order valence-electron chi connectivity index (χ3n) is 8.96. The van der Waals surface area contributed by atoms with E-state index in [1.807, 2.05) is 0 Å². The molecule has 6 rings (SSSR count). The number of aryl methyl sites for hydroxylation is 2. The van der Waals surface area contributed by atoms with E-state index in [4.69, 9.17) is 4.74 Å². The van der Waals surface area contributed by atoms with Gasteiger partial charge in [-0.15, -0.1) is 0 Å². The third kappa shape index (κ3) is 12.4. The number of hydrogen-bond acceptors (Lipinski definition) is 11. The molecule has 6 aromatic heterocycles. The van der Waals surface area contributed by atoms with Crippen LogP contribution in [0, 0.1) is 0 Å². The van der Waals surface area contributed by atoms with E-state index in [-0.39, 0.29) is 40.5 Å². The van der Waals surface area contributed by atoms with Crippen LogP contribution in [0.1, 0.15) is 125 Å². The number of carboxylic acid groups (broad SMARTS) is 1. The van der Waals surface area contributed by atoms with E-state index in [0.717, 1.165) is 12.1 Å². The second-order valence-electron chi connectivity index (χ2n) is 15.3. The van der Waals surface area contributed by atoms with Gasteiger partial charge in [0, 0.05) is 12.4 Å². The van der Waals surface area contributed by atoms with Gasteiger partial charge in [-0.25, -0.2) is 46.1 Å². The zero-order valence-electron chi connectivity index (χ0n) is 34.2. The molecule has 20 heteroatoms. The number of pyridine rings is 4. The van der Waals surface area contributed by atoms with Gasteiger partial charge in [0.05, 0.1) is 51.6 Å². The number of ether oxygens (including phenoxy) is 1. The molecule has 328 valence electrons. The van der Waals surface area contributed by atoms with Crippen molar-refractivity contribution in [1.82, 2.24) is 29.2 Å². The Hall–Kier alpha value is -6.80. The van der Waals surface area contributed by atoms with Gasteiger partial charge in [0.15, 0.2) is 0 Å². The fourth-order valence-corrected chi connectivity index (χ4v) is 5.81. The first-order valence-electron chi connectivity index (χ1n) is 19.1. The zero-order chi connectivity index (χ0) is 45.5. The van der Waals surface area contributed by atoms with Crippen molar-refractivity contribution in [3.05, 3.63) is 118 Å². The van der Waals surface area contributed by atoms with Crippen LogP contribution in [0.3, 0.4) is 0 Å². The van der Waals surface area contributed by atoms with E-state index in [0.29, 0.717) is 48.1 Å². The van der Waals surface area contributed by atoms with Crippen molar-refractivity contribution in [3.8, 4) is 0 Å². The summed E-state index contributed by atoms with van der Waals surface area (Å²) in [5, 5.41) is 43.0. The lowest BCUT2D eigenvalue weighted by atomic mass is 10.0. The summed E-state index contributed by atoms with van der Waals surface area (Å²) >= 11 is 0. The number of carbonyl (C=O) groups excluding carboxylic acids is 3. The van der Waals surface area contributed by atoms with E-state index in [9.17, 15) is 52.1 Å². The number of aromatic carboxylic acids is 1. The summed E-state index contributed by atoms with van der Waals surface area (Å²) < 4.78 is 59.4. The first-order chi connectivity index (χ1) is 29.1. The van der Waals surface area contributed by atoms with Crippen LogP contribution in [-0.4, -0.2) is 86.1 Å². The Kier molecular flexibility index (Phi) is 14.4. The Labute approximate surface area is 351 Å². The number of nitrogens with zero attached hydrogens (tertiary/aromatic N) is 6. The second kappa shape index (κ2) is 19.3. The summed E-state index contributed by atoms with van der Waals surface area (Å²) in [6.45, 7) is 8.53. The van der Waals surface area contributed by atoms with Crippen LogP contribution in [0.5, 0.6) is 0 Å². The highest BCUT2D eigenvalue weighted by Gasteiger charge is 2.22. The minimum absolute atomic E-state index is 0.0156. The minimum atomic E-state index is -2.84. The molecule has 0 aliphatic rings. The number of anilines is 2. The van der Waals surface area contributed by atoms with Crippen LogP contribution in [0.25, 0.3) is 11.0 Å². The number of aliphatic hydroxyl groups is 2. The molecule has 0 saturated heterocycles. The standard InChI is InChI=1S/C22H24F2N4O4.C20H20F2N4O4/c1-4-32-21(30)15-12-28-14(10-13(27-28)8-9-22(2,3)31)11-18(15)26-20(29)17-7-5-6-16(25-17)19(23)24;1-20(2,30)7-6-11-8-12-9-16(13(19(28)29)10-26(12)25-11)24-18(27)15-5-3-4-14(23-15)17(21)22/h5-7,10-12,19,31H,4,8-9H2,1-3H3,(H,26,29);3-5,8-10,17,30H,6-7H2,1-2H3,(H,24,27)(H,28,29). The predicted molar refractivity (Wildman–Crippen MR) is 217 cm³/mol. The minimum Gasteiger partial charge on any atom is -0.478 e. The molecular weight excluding hydrogens is 821 g/mol. The SMILES string of the molecule is CC(C)(O)CCc1cc2cc(NC(=O)c3cccc(C(F)F)n3)c(C(=O)O)cn2n1.CCOC(=O)c1cn2nc(CCC(C)(C)O)cc2cc1NC(=O)c1cccc(C(F)F)n1. The molecule has 0 aliphatic heterocycles. The predicted octanol–water partition coefficient (Wildman–Crippen LogP) is 7.12. The highest BCUT2D eigenvalue weighted by molar-refractivity contribution is 6.08. The average Bonchev–Trinajstić information content (AvgIpc) is 3.81. The molecule has 62 heavy (non-hydrogen) atoms. The normalized spacial score (nSPS) is 11.8. The zero-order valence-corrected chi connectivity index (χ0v) is 34.2. The number of nitrogens with one attached hydrogen (secondary N) is 2. The Bertz CT molecular complexity index is 2600. The fraction of sp³-hybridized carbons (Fsp3) is 0.333. The number of esters is 1. The highest BCUT2D eigenvalue weighted by atomic mass is 19.3. The smallest absolute Gasteiger partial charge is 0.341 e. The molecule has 6 aromatic rings. The number of fused-ring (bicyclic) bond motifs is 2. The van der Waals surface area contributed by atoms with Crippen molar-refractivity contribution in [2.24, 2.45) is 0 Å². The molecule has 5 N–H and O–H groups in total. The number of amides is 2. The van der Waals surface area contributed by atoms with E-state index in [1.165, 1.54) is 51.8 Å². The fourth-order valence-electron chi connectivity index (χ4n) is 5.81. The molecule has 0 fully saturated rings. The van der Waals surface area contributed by atoms with Crippen LogP contribution < -0.4 is 10.6 Å². The van der Waals surface area contributed by atoms with Crippen LogP contribution in [0.4, 0.5) is 28.9 Å². The van der Waals surface area contributed by atoms with Gasteiger partial charge in [0.25, 0.3) is 24.7 Å². The molecule has 2 amide bonds. The topological polar surface area (TPSA) is 223 Å². The molecular formula is C42H44F4N8O8. The summed E-state index contributed by atoms with van der Waals surface area (Å²) in [5.74, 6) is -3.53. The molecule has 6 heterocycles. The summed E-state index contributed by atoms with van der Waals surface area (Å²) in [4.78, 5) is 56.5. The molecule has 0 saturated carbocycles. The maximum atomic E-state index is 12.9. The lowest BCUT2D eigenvalue weighted by molar-refractivity contribution is 0.0525. The monoisotopic (exact) mass is 864 g/mol. The van der Waals surface area contributed by atoms with Gasteiger partial charge in [0.2, 0.25) is 0 Å². The van der Waals surface area contributed by atoms with Crippen molar-refractivity contribution < 1.29 is 56.8 Å². The Morgan fingerprint density at radius 2 is 1.11 bits per heavy atom. The molecule has 0 atom stereocenters. The first kappa shape index (κ1) is 46.3. The van der Waals surface area contributed by atoms with Crippen molar-refractivity contribution in [1.29, 1.82) is 0 Å². The highest BCUT2D eigenvalue weighted by Crippen LogP contribution is 2.25. The van der Waals surface area contributed by atoms with Crippen molar-refractivity contribution in [2.75, 3.05) is 17.2 Å². The lowest BCUT2D eigenvalue weighted by Crippen LogP contribution is -2.19. The Morgan fingerprint density at radius 1 is 0.694 bits per heavy atom. The quantitative estimate of drug-likeness (QED) is 0.0514. The number of hydrogen-bond donors (Lipinski definition) is 5. The number of alkyl halides is 4. The molecule has 0 radical (unpaired) electrons. The average molecular weight is 865 g/mol. The van der Waals surface area contributed by atoms with E-state index in [1.54, 1.807) is 52.8 Å². The van der Waals surface area contributed by atoms with Gasteiger partial charge in [0.1, 0.15) is 33.9 Å². The molecule has 0 aliphatic carbocycles. The summed E-state index contributed by atoms with van der Waals surface area (Å²) in [7, 11) is 0. The molecule has 16 nitrogen and oxygen atoms in total. The number of halogens is 4. The van der Waals surface area contributed by atoms with Crippen LogP contribution in [-0.2, 0) is 17.6 Å².